The van der Waals surface area contributed by atoms with E-state index in [-0.39, 0.29) is 0 Å². The van der Waals surface area contributed by atoms with E-state index in [0.29, 0.717) is 18.3 Å². The molecule has 1 aromatic carbocycles. The van der Waals surface area contributed by atoms with Crippen LogP contribution in [0.2, 0.25) is 0 Å². The monoisotopic (exact) mass is 304 g/mol. The number of hydrogen-bond acceptors (Lipinski definition) is 6. The van der Waals surface area contributed by atoms with Gasteiger partial charge in [0.15, 0.2) is 11.0 Å². The molecule has 6 nitrogen and oxygen atoms in total. The van der Waals surface area contributed by atoms with E-state index in [2.05, 4.69) is 20.1 Å². The molecule has 110 valence electrons. The lowest BCUT2D eigenvalue weighted by Gasteiger charge is -2.00. The largest absolute Gasteiger partial charge is 0.494 e. The van der Waals surface area contributed by atoms with Crippen LogP contribution in [0.4, 0.5) is 0 Å². The van der Waals surface area contributed by atoms with E-state index >= 15 is 0 Å². The van der Waals surface area contributed by atoms with Crippen LogP contribution in [0.15, 0.2) is 27.9 Å². The summed E-state index contributed by atoms with van der Waals surface area (Å²) in [5.74, 6) is 2.80. The van der Waals surface area contributed by atoms with Crippen molar-refractivity contribution in [1.29, 1.82) is 0 Å². The topological polar surface area (TPSA) is 76.8 Å². The summed E-state index contributed by atoms with van der Waals surface area (Å²) >= 11 is 1.54. The van der Waals surface area contributed by atoms with Gasteiger partial charge in [0.05, 0.1) is 23.4 Å². The first-order valence-electron chi connectivity index (χ1n) is 6.85. The lowest BCUT2D eigenvalue weighted by molar-refractivity contribution is 0.340. The number of nitrogens with zero attached hydrogens (tertiary/aromatic N) is 3. The lowest BCUT2D eigenvalue weighted by Crippen LogP contribution is -1.90. The molecule has 3 aromatic rings. The molecule has 0 spiro atoms. The van der Waals surface area contributed by atoms with Crippen molar-refractivity contribution in [3.8, 4) is 5.75 Å². The van der Waals surface area contributed by atoms with E-state index in [0.717, 1.165) is 34.2 Å². The number of fused-ring (bicyclic) bond motifs is 1. The molecule has 7 heteroatoms. The zero-order chi connectivity index (χ0) is 14.7. The summed E-state index contributed by atoms with van der Waals surface area (Å²) in [7, 11) is 0. The summed E-state index contributed by atoms with van der Waals surface area (Å²) in [6.45, 7) is 4.61. The Morgan fingerprint density at radius 3 is 2.95 bits per heavy atom. The van der Waals surface area contributed by atoms with Gasteiger partial charge in [-0.05, 0) is 19.1 Å². The number of rotatable bonds is 6. The van der Waals surface area contributed by atoms with Crippen LogP contribution in [0.3, 0.4) is 0 Å². The maximum absolute atomic E-state index is 5.48. The SMILES string of the molecule is CCOc1ccc2nc(SCc3nc(CC)no3)[nH]c2c1. The standard InChI is InChI=1S/C14H16N4O2S/c1-3-12-17-13(20-18-12)8-21-14-15-10-6-5-9(19-4-2)7-11(10)16-14/h5-7H,3-4,8H2,1-2H3,(H,15,16). The third-order valence-electron chi connectivity index (χ3n) is 2.90. The van der Waals surface area contributed by atoms with Crippen LogP contribution in [-0.2, 0) is 12.2 Å². The Kier molecular flexibility index (Phi) is 4.10. The fourth-order valence-electron chi connectivity index (χ4n) is 1.91. The molecule has 0 aliphatic heterocycles. The van der Waals surface area contributed by atoms with Gasteiger partial charge in [0.1, 0.15) is 5.75 Å². The van der Waals surface area contributed by atoms with Crippen molar-refractivity contribution in [3.05, 3.63) is 29.9 Å². The molecule has 0 aliphatic rings. The van der Waals surface area contributed by atoms with Gasteiger partial charge in [-0.3, -0.25) is 0 Å². The van der Waals surface area contributed by atoms with Crippen LogP contribution in [0, 0.1) is 0 Å². The van der Waals surface area contributed by atoms with E-state index in [1.54, 1.807) is 0 Å². The van der Waals surface area contributed by atoms with E-state index in [9.17, 15) is 0 Å². The average Bonchev–Trinajstić information content (AvgIpc) is 3.11. The van der Waals surface area contributed by atoms with E-state index in [4.69, 9.17) is 9.26 Å². The molecule has 0 radical (unpaired) electrons. The molecule has 2 heterocycles. The average molecular weight is 304 g/mol. The molecule has 0 unspecified atom stereocenters. The van der Waals surface area contributed by atoms with Gasteiger partial charge in [-0.15, -0.1) is 0 Å². The smallest absolute Gasteiger partial charge is 0.237 e. The van der Waals surface area contributed by atoms with Crippen molar-refractivity contribution in [2.75, 3.05) is 6.61 Å². The first-order valence-corrected chi connectivity index (χ1v) is 7.84. The Labute approximate surface area is 126 Å². The Morgan fingerprint density at radius 2 is 2.19 bits per heavy atom. The zero-order valence-electron chi connectivity index (χ0n) is 11.9. The van der Waals surface area contributed by atoms with E-state index < -0.39 is 0 Å². The fraction of sp³-hybridized carbons (Fsp3) is 0.357. The maximum Gasteiger partial charge on any atom is 0.237 e. The highest BCUT2D eigenvalue weighted by Crippen LogP contribution is 2.25. The van der Waals surface area contributed by atoms with Crippen LogP contribution in [0.5, 0.6) is 5.75 Å². The zero-order valence-corrected chi connectivity index (χ0v) is 12.7. The Bertz CT molecular complexity index is 737. The predicted molar refractivity (Wildman–Crippen MR) is 80.5 cm³/mol. The molecule has 0 aliphatic carbocycles. The highest BCUT2D eigenvalue weighted by Gasteiger charge is 2.09. The molecular weight excluding hydrogens is 288 g/mol. The molecule has 0 amide bonds. The molecule has 2 aromatic heterocycles. The summed E-state index contributed by atoms with van der Waals surface area (Å²) in [6, 6.07) is 5.83. The highest BCUT2D eigenvalue weighted by atomic mass is 32.2. The van der Waals surface area contributed by atoms with Gasteiger partial charge < -0.3 is 14.2 Å². The summed E-state index contributed by atoms with van der Waals surface area (Å²) in [5, 5.41) is 4.70. The number of imidazole rings is 1. The van der Waals surface area contributed by atoms with Gasteiger partial charge in [-0.25, -0.2) is 4.98 Å². The summed E-state index contributed by atoms with van der Waals surface area (Å²) in [6.07, 6.45) is 0.777. The van der Waals surface area contributed by atoms with Gasteiger partial charge >= 0.3 is 0 Å². The van der Waals surface area contributed by atoms with E-state index in [1.807, 2.05) is 32.0 Å². The number of aromatic nitrogens is 4. The Balaban J connectivity index is 1.71. The van der Waals surface area contributed by atoms with Crippen molar-refractivity contribution >= 4 is 22.8 Å². The van der Waals surface area contributed by atoms with Crippen molar-refractivity contribution in [2.24, 2.45) is 0 Å². The van der Waals surface area contributed by atoms with Crippen LogP contribution >= 0.6 is 11.8 Å². The number of ether oxygens (including phenoxy) is 1. The Hall–Kier alpha value is -2.02. The molecule has 0 atom stereocenters. The molecular formula is C14H16N4O2S. The van der Waals surface area contributed by atoms with Crippen LogP contribution in [-0.4, -0.2) is 26.7 Å². The minimum absolute atomic E-state index is 0.602. The quantitative estimate of drug-likeness (QED) is 0.705. The van der Waals surface area contributed by atoms with Gasteiger partial charge in [0.2, 0.25) is 5.89 Å². The molecule has 21 heavy (non-hydrogen) atoms. The fourth-order valence-corrected chi connectivity index (χ4v) is 2.64. The highest BCUT2D eigenvalue weighted by molar-refractivity contribution is 7.98. The van der Waals surface area contributed by atoms with Crippen molar-refractivity contribution in [1.82, 2.24) is 20.1 Å². The minimum Gasteiger partial charge on any atom is -0.494 e. The predicted octanol–water partition coefficient (Wildman–Crippen LogP) is 3.20. The van der Waals surface area contributed by atoms with Crippen molar-refractivity contribution in [3.63, 3.8) is 0 Å². The van der Waals surface area contributed by atoms with Gasteiger partial charge in [0.25, 0.3) is 0 Å². The summed E-state index contributed by atoms with van der Waals surface area (Å²) < 4.78 is 10.6. The van der Waals surface area contributed by atoms with Crippen molar-refractivity contribution < 1.29 is 9.26 Å². The number of benzene rings is 1. The normalized spacial score (nSPS) is 11.1. The van der Waals surface area contributed by atoms with E-state index in [1.165, 1.54) is 11.8 Å². The number of aromatic amines is 1. The van der Waals surface area contributed by atoms with Gasteiger partial charge in [-0.1, -0.05) is 23.8 Å². The second-order valence-corrected chi connectivity index (χ2v) is 5.36. The molecule has 0 fully saturated rings. The first-order chi connectivity index (χ1) is 10.3. The van der Waals surface area contributed by atoms with Crippen LogP contribution < -0.4 is 4.74 Å². The molecule has 1 N–H and O–H groups in total. The van der Waals surface area contributed by atoms with Gasteiger partial charge in [-0.2, -0.15) is 4.98 Å². The number of nitrogens with one attached hydrogen (secondary N) is 1. The third kappa shape index (κ3) is 3.18. The van der Waals surface area contributed by atoms with Crippen LogP contribution in [0.25, 0.3) is 11.0 Å². The number of H-pyrrole nitrogens is 1. The van der Waals surface area contributed by atoms with Crippen molar-refractivity contribution in [2.45, 2.75) is 31.2 Å². The summed E-state index contributed by atoms with van der Waals surface area (Å²) in [5.41, 5.74) is 1.88. The first kappa shape index (κ1) is 13.9. The lowest BCUT2D eigenvalue weighted by atomic mass is 10.3. The maximum atomic E-state index is 5.48. The minimum atomic E-state index is 0.602. The number of hydrogen-bond donors (Lipinski definition) is 1. The summed E-state index contributed by atoms with van der Waals surface area (Å²) in [4.78, 5) is 12.1. The third-order valence-corrected chi connectivity index (χ3v) is 3.76. The second kappa shape index (κ2) is 6.17. The number of thioether (sulfide) groups is 1. The van der Waals surface area contributed by atoms with Crippen LogP contribution in [0.1, 0.15) is 25.6 Å². The second-order valence-electron chi connectivity index (χ2n) is 4.40. The molecule has 0 saturated carbocycles. The molecule has 0 bridgehead atoms. The molecule has 0 saturated heterocycles. The number of aryl methyl sites for hydroxylation is 1. The molecule has 3 rings (SSSR count). The van der Waals surface area contributed by atoms with Gasteiger partial charge in [0, 0.05) is 12.5 Å². The Morgan fingerprint density at radius 1 is 1.29 bits per heavy atom.